The normalized spacial score (nSPS) is 13.6. The lowest BCUT2D eigenvalue weighted by molar-refractivity contribution is 0.0994. The first-order chi connectivity index (χ1) is 14.4. The Balaban J connectivity index is 1.99. The number of carbonyl (C=O) groups is 2. The van der Waals surface area contributed by atoms with Crippen molar-refractivity contribution in [3.8, 4) is 11.5 Å². The lowest BCUT2D eigenvalue weighted by Crippen LogP contribution is -2.18. The Morgan fingerprint density at radius 2 is 1.67 bits per heavy atom. The molecule has 8 nitrogen and oxygen atoms in total. The van der Waals surface area contributed by atoms with Crippen molar-refractivity contribution in [2.45, 2.75) is 11.8 Å². The van der Waals surface area contributed by atoms with Crippen LogP contribution in [0.15, 0.2) is 12.1 Å². The summed E-state index contributed by atoms with van der Waals surface area (Å²) in [5.41, 5.74) is 1.99. The Kier molecular flexibility index (Phi) is 5.07. The van der Waals surface area contributed by atoms with E-state index in [-0.39, 0.29) is 34.5 Å². The lowest BCUT2D eigenvalue weighted by Gasteiger charge is -2.17. The minimum Gasteiger partial charge on any atom is -0.494 e. The van der Waals surface area contributed by atoms with E-state index in [9.17, 15) is 9.59 Å². The van der Waals surface area contributed by atoms with Crippen molar-refractivity contribution in [3.63, 3.8) is 0 Å². The Morgan fingerprint density at radius 3 is 2.27 bits per heavy atom. The van der Waals surface area contributed by atoms with Crippen LogP contribution in [0.4, 0.5) is 0 Å². The first-order valence-corrected chi connectivity index (χ1v) is 10.0. The second-order valence-electron chi connectivity index (χ2n) is 6.75. The number of carbonyl (C=O) groups excluding carboxylic acids is 2. The molecule has 0 radical (unpaired) electrons. The summed E-state index contributed by atoms with van der Waals surface area (Å²) in [5.74, 6) is 1.40. The van der Waals surface area contributed by atoms with Crippen LogP contribution in [0.25, 0.3) is 16.6 Å². The monoisotopic (exact) mass is 448 g/mol. The van der Waals surface area contributed by atoms with Gasteiger partial charge in [0.15, 0.2) is 5.75 Å². The third kappa shape index (κ3) is 2.74. The van der Waals surface area contributed by atoms with Crippen molar-refractivity contribution < 1.29 is 19.1 Å². The number of aromatic nitrogens is 4. The molecule has 0 spiro atoms. The maximum atomic E-state index is 13.3. The quantitative estimate of drug-likeness (QED) is 0.556. The maximum Gasteiger partial charge on any atom is 0.214 e. The molecule has 156 valence electrons. The summed E-state index contributed by atoms with van der Waals surface area (Å²) < 4.78 is 14.5. The van der Waals surface area contributed by atoms with Gasteiger partial charge in [-0.3, -0.25) is 9.59 Å². The predicted octanol–water partition coefficient (Wildman–Crippen LogP) is 3.26. The van der Waals surface area contributed by atoms with E-state index in [0.29, 0.717) is 39.7 Å². The summed E-state index contributed by atoms with van der Waals surface area (Å²) in [5, 5.41) is 0. The van der Waals surface area contributed by atoms with Crippen LogP contribution in [-0.2, 0) is 25.9 Å². The van der Waals surface area contributed by atoms with Crippen molar-refractivity contribution in [3.05, 3.63) is 40.7 Å². The molecule has 0 saturated heterocycles. The van der Waals surface area contributed by atoms with Crippen LogP contribution in [0.5, 0.6) is 11.5 Å². The number of imidazole rings is 2. The molecule has 0 unspecified atom stereocenters. The van der Waals surface area contributed by atoms with Crippen molar-refractivity contribution >= 4 is 51.4 Å². The molecule has 4 rings (SSSR count). The molecule has 0 aliphatic heterocycles. The maximum absolute atomic E-state index is 13.3. The molecule has 0 N–H and O–H groups in total. The number of methoxy groups -OCH3 is 2. The number of alkyl halides is 2. The number of fused-ring (bicyclic) bond motifs is 2. The number of ether oxygens (including phenoxy) is 2. The van der Waals surface area contributed by atoms with Crippen molar-refractivity contribution in [2.24, 2.45) is 14.1 Å². The first kappa shape index (κ1) is 20.4. The van der Waals surface area contributed by atoms with Gasteiger partial charge in [0.05, 0.1) is 26.0 Å². The Hall–Kier alpha value is -2.84. The Morgan fingerprint density at radius 1 is 1.00 bits per heavy atom. The third-order valence-electron chi connectivity index (χ3n) is 5.27. The van der Waals surface area contributed by atoms with E-state index < -0.39 is 5.78 Å². The van der Waals surface area contributed by atoms with Crippen molar-refractivity contribution in [1.29, 1.82) is 0 Å². The smallest absolute Gasteiger partial charge is 0.214 e. The van der Waals surface area contributed by atoms with Crippen LogP contribution < -0.4 is 9.47 Å². The number of benzene rings is 1. The van der Waals surface area contributed by atoms with Gasteiger partial charge in [0.1, 0.15) is 39.8 Å². The van der Waals surface area contributed by atoms with Crippen molar-refractivity contribution in [1.82, 2.24) is 19.1 Å². The minimum atomic E-state index is -0.398. The number of hydrogen-bond donors (Lipinski definition) is 0. The van der Waals surface area contributed by atoms with Crippen LogP contribution >= 0.6 is 23.2 Å². The van der Waals surface area contributed by atoms with Gasteiger partial charge in [-0.05, 0) is 12.1 Å². The van der Waals surface area contributed by atoms with Gasteiger partial charge in [-0.2, -0.15) is 0 Å². The van der Waals surface area contributed by atoms with Gasteiger partial charge in [-0.15, -0.1) is 23.2 Å². The first-order valence-electron chi connectivity index (χ1n) is 8.96. The molecule has 1 aromatic carbocycles. The average Bonchev–Trinajstić information content (AvgIpc) is 3.27. The fourth-order valence-corrected chi connectivity index (χ4v) is 4.24. The van der Waals surface area contributed by atoms with Gasteiger partial charge >= 0.3 is 0 Å². The van der Waals surface area contributed by atoms with Crippen LogP contribution in [-0.4, -0.2) is 44.9 Å². The summed E-state index contributed by atoms with van der Waals surface area (Å²) in [6.07, 6.45) is 1.29. The summed E-state index contributed by atoms with van der Waals surface area (Å²) in [6.45, 7) is 0. The van der Waals surface area contributed by atoms with Gasteiger partial charge in [-0.25, -0.2) is 9.97 Å². The second kappa shape index (κ2) is 7.45. The Labute approximate surface area is 182 Å². The fraction of sp³-hybridized carbons (Fsp3) is 0.300. The molecule has 10 heteroatoms. The van der Waals surface area contributed by atoms with E-state index in [1.807, 2.05) is 7.05 Å². The van der Waals surface area contributed by atoms with E-state index in [0.717, 1.165) is 0 Å². The SMILES string of the molecule is COc1c(C2=CC(=O)c3c(nc(CCl)n3C)C2=O)cc(OC)c2c1nc(CCl)n2C. The Bertz CT molecular complexity index is 1260. The molecule has 0 fully saturated rings. The molecular formula is C20H18Cl2N4O4. The van der Waals surface area contributed by atoms with Crippen LogP contribution in [0.3, 0.4) is 0 Å². The topological polar surface area (TPSA) is 88.2 Å². The number of rotatable bonds is 5. The standard InChI is InChI=1S/C20H18Cl2N4O4/c1-25-13(7-21)23-15-17(25)11(27)5-9(19(15)28)10-6-12(29-3)18-16(20(10)30-4)24-14(8-22)26(18)2/h5-6H,7-8H2,1-4H3. The minimum absolute atomic E-state index is 0.0687. The molecule has 0 saturated carbocycles. The van der Waals surface area contributed by atoms with Gasteiger partial charge in [0.25, 0.3) is 0 Å². The zero-order valence-corrected chi connectivity index (χ0v) is 18.3. The fourth-order valence-electron chi connectivity index (χ4n) is 3.76. The number of aryl methyl sites for hydroxylation is 1. The summed E-state index contributed by atoms with van der Waals surface area (Å²) in [4.78, 5) is 35.0. The number of nitrogens with zero attached hydrogens (tertiary/aromatic N) is 4. The van der Waals surface area contributed by atoms with Gasteiger partial charge in [0, 0.05) is 25.2 Å². The molecule has 0 atom stereocenters. The van der Waals surface area contributed by atoms with E-state index >= 15 is 0 Å². The van der Waals surface area contributed by atoms with E-state index in [4.69, 9.17) is 32.7 Å². The number of Topliss-reactive ketones (excluding diaryl/α,β-unsaturated/α-hetero) is 1. The molecule has 0 amide bonds. The molecule has 0 bridgehead atoms. The number of halogens is 2. The van der Waals surface area contributed by atoms with Crippen molar-refractivity contribution in [2.75, 3.05) is 14.2 Å². The molecule has 3 aromatic rings. The number of ketones is 2. The number of allylic oxidation sites excluding steroid dienone is 2. The third-order valence-corrected chi connectivity index (χ3v) is 5.74. The summed E-state index contributed by atoms with van der Waals surface area (Å²) >= 11 is 11.9. The molecule has 2 aromatic heterocycles. The van der Waals surface area contributed by atoms with Crippen LogP contribution in [0, 0.1) is 0 Å². The highest BCUT2D eigenvalue weighted by atomic mass is 35.5. The average molecular weight is 449 g/mol. The van der Waals surface area contributed by atoms with E-state index in [1.54, 1.807) is 22.2 Å². The number of hydrogen-bond acceptors (Lipinski definition) is 6. The highest BCUT2D eigenvalue weighted by Crippen LogP contribution is 2.42. The zero-order valence-electron chi connectivity index (χ0n) is 16.7. The lowest BCUT2D eigenvalue weighted by atomic mass is 9.91. The van der Waals surface area contributed by atoms with E-state index in [1.165, 1.54) is 20.3 Å². The van der Waals surface area contributed by atoms with E-state index in [2.05, 4.69) is 9.97 Å². The molecule has 30 heavy (non-hydrogen) atoms. The largest absolute Gasteiger partial charge is 0.494 e. The highest BCUT2D eigenvalue weighted by Gasteiger charge is 2.34. The van der Waals surface area contributed by atoms with Crippen LogP contribution in [0.1, 0.15) is 38.2 Å². The molecular weight excluding hydrogens is 431 g/mol. The summed E-state index contributed by atoms with van der Waals surface area (Å²) in [7, 11) is 6.47. The van der Waals surface area contributed by atoms with Gasteiger partial charge in [0.2, 0.25) is 11.6 Å². The zero-order chi connectivity index (χ0) is 21.7. The van der Waals surface area contributed by atoms with Gasteiger partial charge < -0.3 is 18.6 Å². The summed E-state index contributed by atoms with van der Waals surface area (Å²) in [6, 6.07) is 1.66. The molecule has 2 heterocycles. The predicted molar refractivity (Wildman–Crippen MR) is 113 cm³/mol. The molecule has 1 aliphatic rings. The highest BCUT2D eigenvalue weighted by molar-refractivity contribution is 6.38. The molecule has 1 aliphatic carbocycles. The second-order valence-corrected chi connectivity index (χ2v) is 7.28. The van der Waals surface area contributed by atoms with Gasteiger partial charge in [-0.1, -0.05) is 0 Å². The van der Waals surface area contributed by atoms with Crippen LogP contribution in [0.2, 0.25) is 0 Å².